The Hall–Kier alpha value is -2.74. The van der Waals surface area contributed by atoms with Gasteiger partial charge in [0.1, 0.15) is 0 Å². The highest BCUT2D eigenvalue weighted by atomic mass is 15.1. The number of benzene rings is 3. The molecule has 2 nitrogen and oxygen atoms in total. The topological polar surface area (TPSA) is 15.3 Å². The number of hydrogen-bond donors (Lipinski definition) is 1. The van der Waals surface area contributed by atoms with Crippen LogP contribution in [0.4, 0.5) is 5.69 Å². The first-order valence-electron chi connectivity index (χ1n) is 11.8. The van der Waals surface area contributed by atoms with Gasteiger partial charge in [0.2, 0.25) is 0 Å². The maximum Gasteiger partial charge on any atom is 0.0492 e. The first kappa shape index (κ1) is 22.9. The average Bonchev–Trinajstić information content (AvgIpc) is 2.78. The van der Waals surface area contributed by atoms with E-state index in [1.165, 1.54) is 38.7 Å². The minimum atomic E-state index is 0.159. The summed E-state index contributed by atoms with van der Waals surface area (Å²) >= 11 is 0. The molecule has 2 heteroatoms. The zero-order valence-electron chi connectivity index (χ0n) is 20.0. The van der Waals surface area contributed by atoms with Gasteiger partial charge in [-0.25, -0.2) is 0 Å². The number of hydrogen-bond acceptors (Lipinski definition) is 2. The average molecular weight is 415 g/mol. The zero-order valence-corrected chi connectivity index (χ0v) is 20.0. The lowest BCUT2D eigenvalue weighted by molar-refractivity contribution is 0.703. The van der Waals surface area contributed by atoms with Crippen LogP contribution in [0.25, 0.3) is 16.5 Å². The number of nitrogens with zero attached hydrogens (tertiary/aromatic N) is 1. The molecule has 3 rings (SSSR count). The van der Waals surface area contributed by atoms with Crippen LogP contribution in [0.15, 0.2) is 61.2 Å². The first-order chi connectivity index (χ1) is 15.0. The standard InChI is InChI=1S/C29H38N2/c1-7-16-31(17-8-2)26-19-25-12-10-11-13-27(25)29(20-26)23(6)30-22(5)28-18-24(9-3)15-14-21(28)4/h10-15,18-20,23,30H,5,7-9,16-17H2,1-4,6H3. The lowest BCUT2D eigenvalue weighted by Crippen LogP contribution is -2.25. The summed E-state index contributed by atoms with van der Waals surface area (Å²) in [6.07, 6.45) is 3.34. The summed E-state index contributed by atoms with van der Waals surface area (Å²) in [4.78, 5) is 2.52. The Morgan fingerprint density at radius 2 is 1.68 bits per heavy atom. The minimum Gasteiger partial charge on any atom is -0.378 e. The molecule has 31 heavy (non-hydrogen) atoms. The van der Waals surface area contributed by atoms with E-state index in [1.807, 2.05) is 0 Å². The van der Waals surface area contributed by atoms with Gasteiger partial charge >= 0.3 is 0 Å². The fourth-order valence-corrected chi connectivity index (χ4v) is 4.41. The van der Waals surface area contributed by atoms with Gasteiger partial charge in [0.05, 0.1) is 0 Å². The van der Waals surface area contributed by atoms with Gasteiger partial charge in [0.15, 0.2) is 0 Å². The molecule has 0 saturated carbocycles. The molecule has 1 N–H and O–H groups in total. The summed E-state index contributed by atoms with van der Waals surface area (Å²) in [7, 11) is 0. The van der Waals surface area contributed by atoms with Crippen molar-refractivity contribution >= 4 is 22.2 Å². The summed E-state index contributed by atoms with van der Waals surface area (Å²) in [5, 5.41) is 6.33. The van der Waals surface area contributed by atoms with Crippen LogP contribution in [-0.2, 0) is 6.42 Å². The molecule has 3 aromatic rings. The van der Waals surface area contributed by atoms with E-state index >= 15 is 0 Å². The summed E-state index contributed by atoms with van der Waals surface area (Å²) in [5.41, 5.74) is 7.46. The van der Waals surface area contributed by atoms with Crippen molar-refractivity contribution < 1.29 is 0 Å². The molecular formula is C29H38N2. The predicted molar refractivity (Wildman–Crippen MR) is 138 cm³/mol. The molecule has 0 aliphatic heterocycles. The number of anilines is 1. The third kappa shape index (κ3) is 5.31. The quantitative estimate of drug-likeness (QED) is 0.366. The summed E-state index contributed by atoms with van der Waals surface area (Å²) in [6.45, 7) is 17.7. The molecule has 0 bridgehead atoms. The monoisotopic (exact) mass is 414 g/mol. The fourth-order valence-electron chi connectivity index (χ4n) is 4.41. The van der Waals surface area contributed by atoms with Crippen molar-refractivity contribution in [1.29, 1.82) is 0 Å². The normalized spacial score (nSPS) is 12.0. The maximum absolute atomic E-state index is 4.40. The van der Waals surface area contributed by atoms with Gasteiger partial charge in [-0.3, -0.25) is 0 Å². The van der Waals surface area contributed by atoms with E-state index in [1.54, 1.807) is 0 Å². The third-order valence-electron chi connectivity index (χ3n) is 6.12. The summed E-state index contributed by atoms with van der Waals surface area (Å²) in [5.74, 6) is 0. The minimum absolute atomic E-state index is 0.159. The summed E-state index contributed by atoms with van der Waals surface area (Å²) < 4.78 is 0. The van der Waals surface area contributed by atoms with E-state index in [0.717, 1.165) is 38.0 Å². The Morgan fingerprint density at radius 1 is 0.968 bits per heavy atom. The van der Waals surface area contributed by atoms with Crippen LogP contribution < -0.4 is 10.2 Å². The van der Waals surface area contributed by atoms with Crippen LogP contribution in [0.3, 0.4) is 0 Å². The van der Waals surface area contributed by atoms with Crippen molar-refractivity contribution in [3.63, 3.8) is 0 Å². The molecule has 0 radical (unpaired) electrons. The van der Waals surface area contributed by atoms with Gasteiger partial charge in [-0.15, -0.1) is 0 Å². The van der Waals surface area contributed by atoms with Crippen molar-refractivity contribution in [1.82, 2.24) is 5.32 Å². The molecule has 0 aromatic heterocycles. The van der Waals surface area contributed by atoms with Gasteiger partial charge in [-0.05, 0) is 78.8 Å². The molecule has 0 amide bonds. The van der Waals surface area contributed by atoms with Gasteiger partial charge in [-0.1, -0.05) is 63.7 Å². The molecule has 3 aromatic carbocycles. The van der Waals surface area contributed by atoms with Gasteiger partial charge < -0.3 is 10.2 Å². The molecule has 0 aliphatic rings. The lowest BCUT2D eigenvalue weighted by atomic mass is 9.96. The molecule has 0 spiro atoms. The van der Waals surface area contributed by atoms with E-state index in [9.17, 15) is 0 Å². The predicted octanol–water partition coefficient (Wildman–Crippen LogP) is 7.66. The van der Waals surface area contributed by atoms with Crippen LogP contribution in [0, 0.1) is 6.92 Å². The second-order valence-electron chi connectivity index (χ2n) is 8.59. The second kappa shape index (κ2) is 10.5. The van der Waals surface area contributed by atoms with Crippen LogP contribution in [0.2, 0.25) is 0 Å². The van der Waals surface area contributed by atoms with E-state index in [2.05, 4.69) is 106 Å². The van der Waals surface area contributed by atoms with Gasteiger partial charge in [-0.2, -0.15) is 0 Å². The Balaban J connectivity index is 1.97. The van der Waals surface area contributed by atoms with Crippen molar-refractivity contribution in [3.05, 3.63) is 83.4 Å². The molecule has 0 saturated heterocycles. The number of aryl methyl sites for hydroxylation is 2. The SMILES string of the molecule is C=C(NC(C)c1cc(N(CCC)CCC)cc2ccccc12)c1cc(CC)ccc1C. The highest BCUT2D eigenvalue weighted by Gasteiger charge is 2.15. The highest BCUT2D eigenvalue weighted by Crippen LogP contribution is 2.32. The van der Waals surface area contributed by atoms with Crippen LogP contribution >= 0.6 is 0 Å². The first-order valence-corrected chi connectivity index (χ1v) is 11.8. The Bertz CT molecular complexity index is 1030. The highest BCUT2D eigenvalue weighted by molar-refractivity contribution is 5.90. The van der Waals surface area contributed by atoms with Crippen molar-refractivity contribution in [2.75, 3.05) is 18.0 Å². The maximum atomic E-state index is 4.40. The van der Waals surface area contributed by atoms with E-state index in [0.29, 0.717) is 0 Å². The number of rotatable bonds is 10. The van der Waals surface area contributed by atoms with Crippen molar-refractivity contribution in [2.45, 2.75) is 59.9 Å². The van der Waals surface area contributed by atoms with E-state index in [4.69, 9.17) is 0 Å². The zero-order chi connectivity index (χ0) is 22.4. The number of nitrogens with one attached hydrogen (secondary N) is 1. The van der Waals surface area contributed by atoms with Crippen LogP contribution in [0.1, 0.15) is 68.8 Å². The largest absolute Gasteiger partial charge is 0.378 e. The molecule has 0 heterocycles. The molecule has 0 aliphatic carbocycles. The van der Waals surface area contributed by atoms with Crippen LogP contribution in [0.5, 0.6) is 0 Å². The van der Waals surface area contributed by atoms with E-state index < -0.39 is 0 Å². The van der Waals surface area contributed by atoms with Gasteiger partial charge in [0.25, 0.3) is 0 Å². The third-order valence-corrected chi connectivity index (χ3v) is 6.12. The molecule has 164 valence electrons. The Labute approximate surface area is 189 Å². The summed E-state index contributed by atoms with van der Waals surface area (Å²) in [6, 6.07) is 20.3. The Morgan fingerprint density at radius 3 is 2.35 bits per heavy atom. The molecular weight excluding hydrogens is 376 g/mol. The molecule has 1 unspecified atom stereocenters. The van der Waals surface area contributed by atoms with Crippen molar-refractivity contribution in [3.8, 4) is 0 Å². The molecule has 0 fully saturated rings. The fraction of sp³-hybridized carbons (Fsp3) is 0.379. The smallest absolute Gasteiger partial charge is 0.0492 e. The van der Waals surface area contributed by atoms with E-state index in [-0.39, 0.29) is 6.04 Å². The number of fused-ring (bicyclic) bond motifs is 1. The second-order valence-corrected chi connectivity index (χ2v) is 8.59. The Kier molecular flexibility index (Phi) is 7.79. The van der Waals surface area contributed by atoms with Crippen LogP contribution in [-0.4, -0.2) is 13.1 Å². The van der Waals surface area contributed by atoms with Gasteiger partial charge in [0, 0.05) is 36.1 Å². The lowest BCUT2D eigenvalue weighted by Gasteiger charge is -2.27. The molecule has 1 atom stereocenters. The van der Waals surface area contributed by atoms with Crippen molar-refractivity contribution in [2.24, 2.45) is 0 Å².